The Kier molecular flexibility index (Phi) is 5.28. The second-order valence-corrected chi connectivity index (χ2v) is 5.29. The number of halogens is 3. The van der Waals surface area contributed by atoms with Gasteiger partial charge < -0.3 is 11.1 Å². The Labute approximate surface area is 148 Å². The molecule has 3 N–H and O–H groups in total. The molecule has 142 valence electrons. The van der Waals surface area contributed by atoms with Crippen molar-refractivity contribution in [3.8, 4) is 0 Å². The summed E-state index contributed by atoms with van der Waals surface area (Å²) < 4.78 is 38.6. The average Bonchev–Trinajstić information content (AvgIpc) is 2.55. The van der Waals surface area contributed by atoms with Gasteiger partial charge in [0.15, 0.2) is 0 Å². The molecule has 0 aliphatic heterocycles. The summed E-state index contributed by atoms with van der Waals surface area (Å²) in [7, 11) is 0. The molecule has 0 aliphatic rings. The van der Waals surface area contributed by atoms with Crippen molar-refractivity contribution in [2.24, 2.45) is 5.73 Å². The van der Waals surface area contributed by atoms with Crippen molar-refractivity contribution >= 4 is 23.2 Å². The van der Waals surface area contributed by atoms with Gasteiger partial charge in [0.1, 0.15) is 12.1 Å². The Morgan fingerprint density at radius 1 is 1.26 bits per heavy atom. The van der Waals surface area contributed by atoms with Gasteiger partial charge in [-0.15, -0.1) is 0 Å². The van der Waals surface area contributed by atoms with Crippen molar-refractivity contribution in [3.05, 3.63) is 68.1 Å². The fourth-order valence-corrected chi connectivity index (χ4v) is 2.14. The second kappa shape index (κ2) is 7.27. The summed E-state index contributed by atoms with van der Waals surface area (Å²) in [4.78, 5) is 45.3. The minimum Gasteiger partial charge on any atom is -0.365 e. The molecule has 27 heavy (non-hydrogen) atoms. The number of benzene rings is 1. The smallest absolute Gasteiger partial charge is 0.365 e. The van der Waals surface area contributed by atoms with Gasteiger partial charge in [0, 0.05) is 11.8 Å². The zero-order chi connectivity index (χ0) is 20.4. The SMILES string of the molecule is NC(=O)c1cc([N+](=O)[O-])cn(CC(=O)Nc2cccc(C(F)(F)F)c2)c1=O. The minimum absolute atomic E-state index is 0.191. The lowest BCUT2D eigenvalue weighted by atomic mass is 10.2. The van der Waals surface area contributed by atoms with E-state index in [1.807, 2.05) is 0 Å². The number of rotatable bonds is 5. The fraction of sp³-hybridized carbons (Fsp3) is 0.133. The predicted octanol–water partition coefficient (Wildman–Crippen LogP) is 1.51. The van der Waals surface area contributed by atoms with E-state index in [-0.39, 0.29) is 5.69 Å². The second-order valence-electron chi connectivity index (χ2n) is 5.29. The fourth-order valence-electron chi connectivity index (χ4n) is 2.14. The number of nitrogens with zero attached hydrogens (tertiary/aromatic N) is 2. The maximum atomic E-state index is 12.7. The summed E-state index contributed by atoms with van der Waals surface area (Å²) >= 11 is 0. The first kappa shape index (κ1) is 19.6. The number of amides is 2. The molecule has 2 rings (SSSR count). The lowest BCUT2D eigenvalue weighted by molar-refractivity contribution is -0.385. The largest absolute Gasteiger partial charge is 0.416 e. The number of alkyl halides is 3. The molecule has 1 aromatic heterocycles. The number of anilines is 1. The molecule has 2 amide bonds. The van der Waals surface area contributed by atoms with E-state index in [2.05, 4.69) is 5.32 Å². The van der Waals surface area contributed by atoms with Crippen molar-refractivity contribution in [1.29, 1.82) is 0 Å². The monoisotopic (exact) mass is 384 g/mol. The number of pyridine rings is 1. The molecule has 0 aliphatic carbocycles. The van der Waals surface area contributed by atoms with Gasteiger partial charge >= 0.3 is 6.18 Å². The van der Waals surface area contributed by atoms with Crippen LogP contribution in [0.15, 0.2) is 41.3 Å². The third-order valence-corrected chi connectivity index (χ3v) is 3.34. The van der Waals surface area contributed by atoms with E-state index in [0.29, 0.717) is 16.7 Å². The summed E-state index contributed by atoms with van der Waals surface area (Å²) in [6, 6.07) is 4.43. The normalized spacial score (nSPS) is 11.1. The topological polar surface area (TPSA) is 137 Å². The molecule has 12 heteroatoms. The van der Waals surface area contributed by atoms with Gasteiger partial charge in [0.25, 0.3) is 17.2 Å². The van der Waals surface area contributed by atoms with E-state index in [4.69, 9.17) is 5.73 Å². The van der Waals surface area contributed by atoms with Gasteiger partial charge in [-0.05, 0) is 18.2 Å². The van der Waals surface area contributed by atoms with Crippen molar-refractivity contribution in [2.75, 3.05) is 5.32 Å². The van der Waals surface area contributed by atoms with Crippen LogP contribution in [-0.2, 0) is 17.5 Å². The number of carbonyl (C=O) groups excluding carboxylic acids is 2. The van der Waals surface area contributed by atoms with E-state index < -0.39 is 51.8 Å². The quantitative estimate of drug-likeness (QED) is 0.595. The summed E-state index contributed by atoms with van der Waals surface area (Å²) in [6.45, 7) is -0.781. The van der Waals surface area contributed by atoms with Crippen molar-refractivity contribution in [2.45, 2.75) is 12.7 Å². The maximum Gasteiger partial charge on any atom is 0.416 e. The van der Waals surface area contributed by atoms with Crippen LogP contribution in [0.4, 0.5) is 24.5 Å². The van der Waals surface area contributed by atoms with Gasteiger partial charge in [0.05, 0.1) is 16.7 Å². The number of nitro groups is 1. The predicted molar refractivity (Wildman–Crippen MR) is 85.9 cm³/mol. The first-order chi connectivity index (χ1) is 12.5. The Morgan fingerprint density at radius 3 is 2.48 bits per heavy atom. The highest BCUT2D eigenvalue weighted by atomic mass is 19.4. The van der Waals surface area contributed by atoms with Crippen LogP contribution in [0.25, 0.3) is 0 Å². The molecule has 0 atom stereocenters. The van der Waals surface area contributed by atoms with Gasteiger partial charge in [0.2, 0.25) is 5.91 Å². The molecule has 0 bridgehead atoms. The molecule has 2 aromatic rings. The Morgan fingerprint density at radius 2 is 1.93 bits per heavy atom. The summed E-state index contributed by atoms with van der Waals surface area (Å²) in [5, 5.41) is 13.0. The number of hydrogen-bond acceptors (Lipinski definition) is 5. The van der Waals surface area contributed by atoms with E-state index >= 15 is 0 Å². The van der Waals surface area contributed by atoms with Crippen LogP contribution in [0.1, 0.15) is 15.9 Å². The molecular weight excluding hydrogens is 373 g/mol. The van der Waals surface area contributed by atoms with Crippen LogP contribution < -0.4 is 16.6 Å². The number of nitrogens with two attached hydrogens (primary N) is 1. The highest BCUT2D eigenvalue weighted by Gasteiger charge is 2.30. The zero-order valence-electron chi connectivity index (χ0n) is 13.3. The van der Waals surface area contributed by atoms with Gasteiger partial charge in [-0.3, -0.25) is 29.1 Å². The molecule has 0 radical (unpaired) electrons. The van der Waals surface area contributed by atoms with Crippen LogP contribution in [0, 0.1) is 10.1 Å². The van der Waals surface area contributed by atoms with Crippen molar-refractivity contribution in [1.82, 2.24) is 4.57 Å². The number of aromatic nitrogens is 1. The third-order valence-electron chi connectivity index (χ3n) is 3.34. The standard InChI is InChI=1S/C15H11F3N4O5/c16-15(17,18)8-2-1-3-9(4-8)20-12(23)7-21-6-10(22(26)27)5-11(13(19)24)14(21)25/h1-6H,7H2,(H2,19,24)(H,20,23). The van der Waals surface area contributed by atoms with Crippen LogP contribution in [0.5, 0.6) is 0 Å². The van der Waals surface area contributed by atoms with E-state index in [9.17, 15) is 37.7 Å². The highest BCUT2D eigenvalue weighted by Crippen LogP contribution is 2.30. The molecule has 0 saturated carbocycles. The number of nitrogens with one attached hydrogen (secondary N) is 1. The van der Waals surface area contributed by atoms with Gasteiger partial charge in [-0.25, -0.2) is 0 Å². The Balaban J connectivity index is 2.30. The molecule has 0 fully saturated rings. The Hall–Kier alpha value is -3.70. The lowest BCUT2D eigenvalue weighted by Crippen LogP contribution is -2.33. The van der Waals surface area contributed by atoms with E-state index in [1.54, 1.807) is 0 Å². The molecule has 0 unspecified atom stereocenters. The number of primary amides is 1. The average molecular weight is 384 g/mol. The molecule has 0 saturated heterocycles. The molecule has 9 nitrogen and oxygen atoms in total. The van der Waals surface area contributed by atoms with Crippen molar-refractivity contribution in [3.63, 3.8) is 0 Å². The highest BCUT2D eigenvalue weighted by molar-refractivity contribution is 5.93. The maximum absolute atomic E-state index is 12.7. The number of carbonyl (C=O) groups is 2. The van der Waals surface area contributed by atoms with Crippen molar-refractivity contribution < 1.29 is 27.7 Å². The van der Waals surface area contributed by atoms with Crippen LogP contribution >= 0.6 is 0 Å². The molecular formula is C15H11F3N4O5. The Bertz CT molecular complexity index is 984. The third kappa shape index (κ3) is 4.68. The van der Waals surface area contributed by atoms with Crippen LogP contribution in [0.3, 0.4) is 0 Å². The number of hydrogen-bond donors (Lipinski definition) is 2. The molecule has 1 heterocycles. The summed E-state index contributed by atoms with van der Waals surface area (Å²) in [5.74, 6) is -2.16. The van der Waals surface area contributed by atoms with Gasteiger partial charge in [-0.1, -0.05) is 6.07 Å². The molecule has 1 aromatic carbocycles. The summed E-state index contributed by atoms with van der Waals surface area (Å²) in [5.41, 5.74) is 1.39. The van der Waals surface area contributed by atoms with E-state index in [0.717, 1.165) is 18.3 Å². The van der Waals surface area contributed by atoms with Crippen LogP contribution in [-0.4, -0.2) is 21.3 Å². The van der Waals surface area contributed by atoms with E-state index in [1.165, 1.54) is 6.07 Å². The van der Waals surface area contributed by atoms with Crippen LogP contribution in [0.2, 0.25) is 0 Å². The van der Waals surface area contributed by atoms with Gasteiger partial charge in [-0.2, -0.15) is 13.2 Å². The molecule has 0 spiro atoms. The summed E-state index contributed by atoms with van der Waals surface area (Å²) in [6.07, 6.45) is -3.89. The first-order valence-corrected chi connectivity index (χ1v) is 7.15. The lowest BCUT2D eigenvalue weighted by Gasteiger charge is -2.11. The minimum atomic E-state index is -4.62. The first-order valence-electron chi connectivity index (χ1n) is 7.15. The zero-order valence-corrected chi connectivity index (χ0v) is 13.3.